The number of nitrogens with two attached hydrogens (primary N) is 1. The minimum absolute atomic E-state index is 0. The normalized spacial score (nSPS) is 24.3. The minimum atomic E-state index is -0.369. The monoisotopic (exact) mass is 302 g/mol. The van der Waals surface area contributed by atoms with Crippen molar-refractivity contribution in [2.75, 3.05) is 26.3 Å². The molecule has 1 aliphatic carbocycles. The van der Waals surface area contributed by atoms with E-state index in [1.54, 1.807) is 0 Å². The van der Waals surface area contributed by atoms with E-state index in [-0.39, 0.29) is 24.0 Å². The summed E-state index contributed by atoms with van der Waals surface area (Å²) in [6.07, 6.45) is 4.22. The lowest BCUT2D eigenvalue weighted by molar-refractivity contribution is 0.0134. The lowest BCUT2D eigenvalue weighted by Crippen LogP contribution is -2.38. The molecule has 0 spiro atoms. The highest BCUT2D eigenvalue weighted by molar-refractivity contribution is 5.85. The number of rotatable bonds is 3. The molecular weight excluding hydrogens is 280 g/mol. The number of nitrogens with zero attached hydrogens (tertiary/aromatic N) is 3. The van der Waals surface area contributed by atoms with Crippen molar-refractivity contribution in [3.63, 3.8) is 0 Å². The summed E-state index contributed by atoms with van der Waals surface area (Å²) >= 11 is 0. The molecule has 1 aromatic heterocycles. The first-order valence-electron chi connectivity index (χ1n) is 7.14. The smallest absolute Gasteiger partial charge is 0.243 e. The number of halogens is 1. The van der Waals surface area contributed by atoms with Gasteiger partial charge in [-0.1, -0.05) is 18.0 Å². The van der Waals surface area contributed by atoms with Crippen LogP contribution in [0.1, 0.15) is 50.4 Å². The molecule has 1 aromatic rings. The lowest BCUT2D eigenvalue weighted by atomic mass is 9.99. The van der Waals surface area contributed by atoms with E-state index >= 15 is 0 Å². The third-order valence-electron chi connectivity index (χ3n) is 4.33. The molecule has 1 saturated carbocycles. The van der Waals surface area contributed by atoms with Crippen LogP contribution < -0.4 is 5.73 Å². The van der Waals surface area contributed by atoms with Gasteiger partial charge in [0.25, 0.3) is 0 Å². The molecule has 1 saturated heterocycles. The van der Waals surface area contributed by atoms with Crippen molar-refractivity contribution in [3.05, 3.63) is 11.7 Å². The Bertz CT molecular complexity index is 428. The fourth-order valence-corrected chi connectivity index (χ4v) is 2.96. The zero-order valence-electron chi connectivity index (χ0n) is 11.9. The first-order chi connectivity index (χ1) is 9.19. The largest absolute Gasteiger partial charge is 0.379 e. The van der Waals surface area contributed by atoms with Crippen LogP contribution >= 0.6 is 12.4 Å². The molecule has 20 heavy (non-hydrogen) atoms. The van der Waals surface area contributed by atoms with Crippen molar-refractivity contribution in [2.24, 2.45) is 5.73 Å². The zero-order valence-corrected chi connectivity index (χ0v) is 12.7. The van der Waals surface area contributed by atoms with Gasteiger partial charge in [0, 0.05) is 13.1 Å². The zero-order chi connectivity index (χ0) is 13.3. The van der Waals surface area contributed by atoms with E-state index in [0.29, 0.717) is 11.7 Å². The third-order valence-corrected chi connectivity index (χ3v) is 4.33. The van der Waals surface area contributed by atoms with Crippen molar-refractivity contribution in [2.45, 2.75) is 44.2 Å². The summed E-state index contributed by atoms with van der Waals surface area (Å²) in [5.74, 6) is 1.36. The van der Waals surface area contributed by atoms with Crippen LogP contribution in [0.15, 0.2) is 4.52 Å². The Morgan fingerprint density at radius 2 is 1.90 bits per heavy atom. The van der Waals surface area contributed by atoms with Crippen LogP contribution in [0, 0.1) is 0 Å². The highest BCUT2D eigenvalue weighted by Crippen LogP contribution is 2.35. The minimum Gasteiger partial charge on any atom is -0.379 e. The summed E-state index contributed by atoms with van der Waals surface area (Å²) in [5.41, 5.74) is 5.99. The maximum absolute atomic E-state index is 6.35. The third kappa shape index (κ3) is 2.98. The molecule has 114 valence electrons. The number of aromatic nitrogens is 2. The Morgan fingerprint density at radius 3 is 2.55 bits per heavy atom. The molecular formula is C13H23ClN4O2. The van der Waals surface area contributed by atoms with E-state index in [2.05, 4.69) is 22.0 Å². The van der Waals surface area contributed by atoms with Crippen molar-refractivity contribution < 1.29 is 9.26 Å². The summed E-state index contributed by atoms with van der Waals surface area (Å²) in [6, 6.07) is 0.134. The number of morpholine rings is 1. The highest BCUT2D eigenvalue weighted by Gasteiger charge is 2.36. The van der Waals surface area contributed by atoms with Crippen LogP contribution in [-0.2, 0) is 10.3 Å². The quantitative estimate of drug-likeness (QED) is 0.914. The van der Waals surface area contributed by atoms with Crippen molar-refractivity contribution in [1.29, 1.82) is 0 Å². The number of hydrogen-bond acceptors (Lipinski definition) is 6. The van der Waals surface area contributed by atoms with Crippen LogP contribution in [0.3, 0.4) is 0 Å². The van der Waals surface area contributed by atoms with Crippen LogP contribution in [0.4, 0.5) is 0 Å². The van der Waals surface area contributed by atoms with Crippen LogP contribution in [0.2, 0.25) is 0 Å². The number of ether oxygens (including phenoxy) is 1. The summed E-state index contributed by atoms with van der Waals surface area (Å²) in [4.78, 5) is 6.86. The highest BCUT2D eigenvalue weighted by atomic mass is 35.5. The second kappa shape index (κ2) is 6.39. The van der Waals surface area contributed by atoms with Gasteiger partial charge in [-0.25, -0.2) is 0 Å². The van der Waals surface area contributed by atoms with E-state index in [9.17, 15) is 0 Å². The molecule has 2 aliphatic rings. The molecule has 1 aliphatic heterocycles. The molecule has 0 amide bonds. The first-order valence-corrected chi connectivity index (χ1v) is 7.14. The van der Waals surface area contributed by atoms with E-state index in [1.165, 1.54) is 0 Å². The Kier molecular flexibility index (Phi) is 5.01. The second-order valence-corrected chi connectivity index (χ2v) is 5.64. The SMILES string of the molecule is CC(c1nc(C2(N)CCCC2)no1)N1CCOCC1.Cl. The molecule has 0 aromatic carbocycles. The van der Waals surface area contributed by atoms with Crippen LogP contribution in [0.5, 0.6) is 0 Å². The van der Waals surface area contributed by atoms with Crippen LogP contribution in [-0.4, -0.2) is 41.3 Å². The van der Waals surface area contributed by atoms with Crippen LogP contribution in [0.25, 0.3) is 0 Å². The molecule has 1 atom stereocenters. The molecule has 0 radical (unpaired) electrons. The molecule has 3 rings (SSSR count). The van der Waals surface area contributed by atoms with E-state index in [1.807, 2.05) is 0 Å². The first kappa shape index (κ1) is 15.7. The fraction of sp³-hybridized carbons (Fsp3) is 0.846. The Morgan fingerprint density at radius 1 is 1.25 bits per heavy atom. The number of hydrogen-bond donors (Lipinski definition) is 1. The maximum Gasteiger partial charge on any atom is 0.243 e. The van der Waals surface area contributed by atoms with Gasteiger partial charge in [0.2, 0.25) is 5.89 Å². The fourth-order valence-electron chi connectivity index (χ4n) is 2.96. The van der Waals surface area contributed by atoms with Gasteiger partial charge in [-0.15, -0.1) is 12.4 Å². The predicted octanol–water partition coefficient (Wildman–Crippen LogP) is 1.61. The van der Waals surface area contributed by atoms with Gasteiger partial charge in [-0.05, 0) is 19.8 Å². The maximum atomic E-state index is 6.35. The van der Waals surface area contributed by atoms with Gasteiger partial charge >= 0.3 is 0 Å². The van der Waals surface area contributed by atoms with Gasteiger partial charge in [0.1, 0.15) is 0 Å². The molecule has 1 unspecified atom stereocenters. The van der Waals surface area contributed by atoms with Gasteiger partial charge in [0.05, 0.1) is 24.8 Å². The molecule has 2 fully saturated rings. The summed E-state index contributed by atoms with van der Waals surface area (Å²) in [7, 11) is 0. The average Bonchev–Trinajstić information content (AvgIpc) is 3.08. The van der Waals surface area contributed by atoms with Gasteiger partial charge < -0.3 is 15.0 Å². The molecule has 2 heterocycles. The Balaban J connectivity index is 0.00000147. The Hall–Kier alpha value is -0.690. The van der Waals surface area contributed by atoms with Gasteiger partial charge in [-0.2, -0.15) is 4.98 Å². The van der Waals surface area contributed by atoms with Gasteiger partial charge in [-0.3, -0.25) is 4.90 Å². The molecule has 6 nitrogen and oxygen atoms in total. The van der Waals surface area contributed by atoms with Crippen molar-refractivity contribution in [1.82, 2.24) is 15.0 Å². The average molecular weight is 303 g/mol. The van der Waals surface area contributed by atoms with Gasteiger partial charge in [0.15, 0.2) is 5.82 Å². The second-order valence-electron chi connectivity index (χ2n) is 5.64. The topological polar surface area (TPSA) is 77.4 Å². The van der Waals surface area contributed by atoms with E-state index < -0.39 is 0 Å². The standard InChI is InChI=1S/C13H22N4O2.ClH/c1-10(17-6-8-18-9-7-17)11-15-12(16-19-11)13(14)4-2-3-5-13;/h10H,2-9,14H2,1H3;1H. The Labute approximate surface area is 125 Å². The van der Waals surface area contributed by atoms with E-state index in [4.69, 9.17) is 15.0 Å². The van der Waals surface area contributed by atoms with E-state index in [0.717, 1.165) is 52.0 Å². The lowest BCUT2D eigenvalue weighted by Gasteiger charge is -2.30. The van der Waals surface area contributed by atoms with Crippen molar-refractivity contribution >= 4 is 12.4 Å². The summed E-state index contributed by atoms with van der Waals surface area (Å²) in [5, 5.41) is 4.12. The molecule has 0 bridgehead atoms. The molecule has 2 N–H and O–H groups in total. The summed E-state index contributed by atoms with van der Waals surface area (Å²) in [6.45, 7) is 5.46. The van der Waals surface area contributed by atoms with Crippen molar-refractivity contribution in [3.8, 4) is 0 Å². The summed E-state index contributed by atoms with van der Waals surface area (Å²) < 4.78 is 10.8. The predicted molar refractivity (Wildman–Crippen MR) is 76.7 cm³/mol. The molecule has 7 heteroatoms.